The summed E-state index contributed by atoms with van der Waals surface area (Å²) < 4.78 is 0.847. The normalized spacial score (nSPS) is 13.6. The number of rotatable bonds is 6. The summed E-state index contributed by atoms with van der Waals surface area (Å²) in [5, 5.41) is 23.4. The number of benzene rings is 2. The Morgan fingerprint density at radius 1 is 1.23 bits per heavy atom. The first-order valence-electron chi connectivity index (χ1n) is 11.4. The maximum atomic E-state index is 12.0. The van der Waals surface area contributed by atoms with Gasteiger partial charge in [-0.1, -0.05) is 36.4 Å². The molecule has 0 aliphatic carbocycles. The maximum Gasteiger partial charge on any atom is 0.488 e. The van der Waals surface area contributed by atoms with Crippen molar-refractivity contribution in [2.24, 2.45) is 5.73 Å². The van der Waals surface area contributed by atoms with Gasteiger partial charge in [0.15, 0.2) is 5.82 Å². The van der Waals surface area contributed by atoms with Gasteiger partial charge in [0.05, 0.1) is 11.3 Å². The molecule has 1 amide bonds. The molecule has 2 aromatic carbocycles. The Balaban J connectivity index is 1.59. The largest absolute Gasteiger partial charge is 0.488 e. The van der Waals surface area contributed by atoms with Crippen molar-refractivity contribution in [3.8, 4) is 11.4 Å². The first-order valence-corrected chi connectivity index (χ1v) is 12.2. The predicted octanol–water partition coefficient (Wildman–Crippen LogP) is 2.05. The Hall–Kier alpha value is -3.31. The molecule has 0 saturated carbocycles. The van der Waals surface area contributed by atoms with Crippen LogP contribution in [0.1, 0.15) is 32.1 Å². The number of carbonyl (C=O) groups excluding carboxylic acids is 1. The second kappa shape index (κ2) is 9.39. The van der Waals surface area contributed by atoms with Gasteiger partial charge < -0.3 is 26.0 Å². The average molecular weight is 487 g/mol. The highest BCUT2D eigenvalue weighted by Gasteiger charge is 2.24. The van der Waals surface area contributed by atoms with E-state index in [4.69, 9.17) is 15.7 Å². The number of fused-ring (bicyclic) bond motifs is 2. The third-order valence-corrected chi connectivity index (χ3v) is 7.50. The molecule has 1 aliphatic heterocycles. The first kappa shape index (κ1) is 23.4. The van der Waals surface area contributed by atoms with E-state index in [9.17, 15) is 14.8 Å². The van der Waals surface area contributed by atoms with E-state index in [1.54, 1.807) is 24.3 Å². The Kier molecular flexibility index (Phi) is 6.29. The second-order valence-electron chi connectivity index (χ2n) is 8.86. The van der Waals surface area contributed by atoms with E-state index in [1.807, 2.05) is 25.1 Å². The van der Waals surface area contributed by atoms with Gasteiger partial charge in [-0.25, -0.2) is 9.97 Å². The average Bonchev–Trinajstić information content (AvgIpc) is 3.17. The molecule has 0 atom stereocenters. The Bertz CT molecular complexity index is 1440. The van der Waals surface area contributed by atoms with Crippen LogP contribution in [0, 0.1) is 6.92 Å². The van der Waals surface area contributed by atoms with E-state index in [2.05, 4.69) is 17.3 Å². The molecule has 2 aromatic heterocycles. The number of nitrogens with one attached hydrogen (secondary N) is 1. The molecule has 35 heavy (non-hydrogen) atoms. The lowest BCUT2D eigenvalue weighted by atomic mass is 9.79. The number of nitrogens with zero attached hydrogens (tertiary/aromatic N) is 3. The lowest BCUT2D eigenvalue weighted by Crippen LogP contribution is -2.30. The minimum atomic E-state index is -1.51. The minimum Gasteiger partial charge on any atom is -0.423 e. The van der Waals surface area contributed by atoms with E-state index in [0.717, 1.165) is 62.7 Å². The lowest BCUT2D eigenvalue weighted by Gasteiger charge is -2.26. The van der Waals surface area contributed by atoms with Gasteiger partial charge in [-0.2, -0.15) is 0 Å². The molecule has 0 unspecified atom stereocenters. The number of aryl methyl sites for hydroxylation is 1. The van der Waals surface area contributed by atoms with Gasteiger partial charge in [0.1, 0.15) is 5.82 Å². The van der Waals surface area contributed by atoms with Crippen LogP contribution in [0.3, 0.4) is 0 Å². The molecule has 5 N–H and O–H groups in total. The number of aromatic nitrogens is 2. The quantitative estimate of drug-likeness (QED) is 0.307. The van der Waals surface area contributed by atoms with Crippen molar-refractivity contribution in [1.82, 2.24) is 14.9 Å². The fourth-order valence-electron chi connectivity index (χ4n) is 4.58. The summed E-state index contributed by atoms with van der Waals surface area (Å²) in [5.41, 5.74) is 10.5. The number of nitrogens with two attached hydrogens (primary N) is 1. The van der Waals surface area contributed by atoms with Crippen molar-refractivity contribution < 1.29 is 14.8 Å². The SMILES string of the molecule is Cc1sc2c(C(N)=O)cccc2c1-c1nc2c(c(NCc3cccc(B(O)O)c3)n1)CCN(C)C2. The molecule has 8 nitrogen and oxygen atoms in total. The highest BCUT2D eigenvalue weighted by molar-refractivity contribution is 7.20. The van der Waals surface area contributed by atoms with Gasteiger partial charge in [-0.05, 0) is 37.5 Å². The van der Waals surface area contributed by atoms with Crippen LogP contribution >= 0.6 is 11.3 Å². The van der Waals surface area contributed by atoms with Crippen LogP contribution in [0.2, 0.25) is 0 Å². The van der Waals surface area contributed by atoms with Crippen molar-refractivity contribution in [3.05, 3.63) is 69.7 Å². The summed E-state index contributed by atoms with van der Waals surface area (Å²) >= 11 is 1.53. The first-order chi connectivity index (χ1) is 16.8. The fraction of sp³-hybridized carbons (Fsp3) is 0.240. The van der Waals surface area contributed by atoms with Gasteiger partial charge >= 0.3 is 7.12 Å². The smallest absolute Gasteiger partial charge is 0.423 e. The van der Waals surface area contributed by atoms with Crippen LogP contribution in [0.25, 0.3) is 21.5 Å². The molecule has 0 bridgehead atoms. The monoisotopic (exact) mass is 487 g/mol. The van der Waals surface area contributed by atoms with Crippen molar-refractivity contribution in [2.75, 3.05) is 18.9 Å². The number of hydrogen-bond donors (Lipinski definition) is 4. The Morgan fingerprint density at radius 2 is 2.03 bits per heavy atom. The van der Waals surface area contributed by atoms with Crippen molar-refractivity contribution >= 4 is 45.7 Å². The number of primary amides is 1. The summed E-state index contributed by atoms with van der Waals surface area (Å²) in [4.78, 5) is 25.2. The summed E-state index contributed by atoms with van der Waals surface area (Å²) in [6, 6.07) is 12.8. The van der Waals surface area contributed by atoms with E-state index >= 15 is 0 Å². The molecule has 0 radical (unpaired) electrons. The van der Waals surface area contributed by atoms with Gasteiger partial charge in [-0.3, -0.25) is 4.79 Å². The zero-order valence-electron chi connectivity index (χ0n) is 19.6. The predicted molar refractivity (Wildman–Crippen MR) is 140 cm³/mol. The third-order valence-electron chi connectivity index (χ3n) is 6.35. The highest BCUT2D eigenvalue weighted by atomic mass is 32.1. The van der Waals surface area contributed by atoms with E-state index in [1.165, 1.54) is 11.3 Å². The van der Waals surface area contributed by atoms with Gasteiger partial charge in [0.25, 0.3) is 0 Å². The maximum absolute atomic E-state index is 12.0. The number of anilines is 1. The van der Waals surface area contributed by atoms with E-state index in [0.29, 0.717) is 23.4 Å². The van der Waals surface area contributed by atoms with Crippen LogP contribution in [-0.2, 0) is 19.5 Å². The van der Waals surface area contributed by atoms with Crippen LogP contribution in [0.15, 0.2) is 42.5 Å². The molecule has 4 aromatic rings. The fourth-order valence-corrected chi connectivity index (χ4v) is 5.75. The van der Waals surface area contributed by atoms with Gasteiger partial charge in [-0.15, -0.1) is 11.3 Å². The van der Waals surface area contributed by atoms with Crippen LogP contribution in [-0.4, -0.2) is 51.5 Å². The van der Waals surface area contributed by atoms with Crippen molar-refractivity contribution in [2.45, 2.75) is 26.4 Å². The Morgan fingerprint density at radius 3 is 2.80 bits per heavy atom. The van der Waals surface area contributed by atoms with E-state index < -0.39 is 13.0 Å². The van der Waals surface area contributed by atoms with Gasteiger partial charge in [0.2, 0.25) is 5.91 Å². The summed E-state index contributed by atoms with van der Waals surface area (Å²) in [7, 11) is 0.567. The van der Waals surface area contributed by atoms with Gasteiger partial charge in [0, 0.05) is 45.7 Å². The third kappa shape index (κ3) is 4.53. The molecular formula is C25H26BN5O3S. The number of likely N-dealkylation sites (N-methyl/N-ethyl adjacent to an activating group) is 1. The summed E-state index contributed by atoms with van der Waals surface area (Å²) in [6.07, 6.45) is 0.832. The number of thiophene rings is 1. The van der Waals surface area contributed by atoms with Crippen LogP contribution < -0.4 is 16.5 Å². The number of amides is 1. The molecule has 0 saturated heterocycles. The molecule has 178 valence electrons. The summed E-state index contributed by atoms with van der Waals surface area (Å²) in [5.74, 6) is 0.943. The summed E-state index contributed by atoms with van der Waals surface area (Å²) in [6.45, 7) is 4.13. The van der Waals surface area contributed by atoms with Crippen molar-refractivity contribution in [3.63, 3.8) is 0 Å². The second-order valence-corrected chi connectivity index (χ2v) is 10.1. The minimum absolute atomic E-state index is 0.446. The molecule has 10 heteroatoms. The molecule has 0 fully saturated rings. The highest BCUT2D eigenvalue weighted by Crippen LogP contribution is 2.39. The zero-order chi connectivity index (χ0) is 24.7. The standard InChI is InChI=1S/C25H26BN5O3S/c1-14-21(18-7-4-8-19(23(27)32)22(18)35-14)25-29-20-13-31(2)10-9-17(20)24(30-25)28-12-15-5-3-6-16(11-15)26(33)34/h3-8,11,33-34H,9-10,12-13H2,1-2H3,(H2,27,32)(H,28,29,30). The molecule has 0 spiro atoms. The topological polar surface area (TPSA) is 125 Å². The number of hydrogen-bond acceptors (Lipinski definition) is 8. The van der Waals surface area contributed by atoms with Crippen molar-refractivity contribution in [1.29, 1.82) is 0 Å². The van der Waals surface area contributed by atoms with Crippen LogP contribution in [0.4, 0.5) is 5.82 Å². The van der Waals surface area contributed by atoms with E-state index in [-0.39, 0.29) is 0 Å². The molecule has 1 aliphatic rings. The Labute approximate surface area is 207 Å². The van der Waals surface area contributed by atoms with Crippen LogP contribution in [0.5, 0.6) is 0 Å². The lowest BCUT2D eigenvalue weighted by molar-refractivity contribution is 0.100. The molecule has 5 rings (SSSR count). The number of carbonyl (C=O) groups is 1. The zero-order valence-corrected chi connectivity index (χ0v) is 20.4. The molecule has 3 heterocycles. The molecular weight excluding hydrogens is 461 g/mol.